The van der Waals surface area contributed by atoms with E-state index in [2.05, 4.69) is 10.1 Å². The fourth-order valence-corrected chi connectivity index (χ4v) is 1.95. The van der Waals surface area contributed by atoms with Crippen LogP contribution in [0.1, 0.15) is 47.5 Å². The highest BCUT2D eigenvalue weighted by Crippen LogP contribution is 2.30. The molecule has 0 aromatic heterocycles. The number of esters is 2. The van der Waals surface area contributed by atoms with Crippen LogP contribution in [0.5, 0.6) is 0 Å². The third kappa shape index (κ3) is 4.98. The van der Waals surface area contributed by atoms with Gasteiger partial charge in [-0.15, -0.1) is 0 Å². The molecule has 2 N–H and O–H groups in total. The molecule has 0 aromatic carbocycles. The van der Waals surface area contributed by atoms with Crippen molar-refractivity contribution < 1.29 is 29.0 Å². The van der Waals surface area contributed by atoms with E-state index in [9.17, 15) is 19.5 Å². The maximum atomic E-state index is 12.5. The van der Waals surface area contributed by atoms with E-state index < -0.39 is 41.5 Å². The summed E-state index contributed by atoms with van der Waals surface area (Å²) >= 11 is 0. The number of hydrogen-bond donors (Lipinski definition) is 2. The topological polar surface area (TPSA) is 102 Å². The monoisotopic (exact) mass is 317 g/mol. The number of amides is 1. The van der Waals surface area contributed by atoms with Crippen molar-refractivity contribution in [2.24, 2.45) is 5.41 Å². The number of carbonyl (C=O) groups is 3. The Morgan fingerprint density at radius 3 is 1.95 bits per heavy atom. The molecule has 0 radical (unpaired) electrons. The lowest BCUT2D eigenvalue weighted by molar-refractivity contribution is -0.172. The molecule has 0 aliphatic carbocycles. The predicted molar refractivity (Wildman–Crippen MR) is 79.9 cm³/mol. The average molecular weight is 317 g/mol. The lowest BCUT2D eigenvalue weighted by Crippen LogP contribution is -2.54. The Balaban J connectivity index is 5.34. The van der Waals surface area contributed by atoms with Crippen molar-refractivity contribution >= 4 is 17.8 Å². The molecule has 0 aromatic rings. The molecule has 1 amide bonds. The van der Waals surface area contributed by atoms with Crippen molar-refractivity contribution in [1.29, 1.82) is 0 Å². The van der Waals surface area contributed by atoms with E-state index in [1.807, 2.05) is 0 Å². The summed E-state index contributed by atoms with van der Waals surface area (Å²) in [6.07, 6.45) is 0.424. The van der Waals surface area contributed by atoms with Crippen molar-refractivity contribution in [3.63, 3.8) is 0 Å². The zero-order chi connectivity index (χ0) is 17.6. The van der Waals surface area contributed by atoms with E-state index in [4.69, 9.17) is 4.74 Å². The van der Waals surface area contributed by atoms with Gasteiger partial charge in [-0.2, -0.15) is 0 Å². The first kappa shape index (κ1) is 20.4. The van der Waals surface area contributed by atoms with Gasteiger partial charge in [0, 0.05) is 0 Å². The molecule has 0 spiro atoms. The van der Waals surface area contributed by atoms with Crippen LogP contribution in [0.15, 0.2) is 0 Å². The van der Waals surface area contributed by atoms with Crippen LogP contribution in [0, 0.1) is 5.41 Å². The highest BCUT2D eigenvalue weighted by molar-refractivity contribution is 6.03. The molecule has 128 valence electrons. The van der Waals surface area contributed by atoms with Gasteiger partial charge in [-0.3, -0.25) is 9.59 Å². The molecule has 1 unspecified atom stereocenters. The van der Waals surface area contributed by atoms with Gasteiger partial charge < -0.3 is 19.9 Å². The first-order valence-corrected chi connectivity index (χ1v) is 7.31. The van der Waals surface area contributed by atoms with Gasteiger partial charge in [-0.05, 0) is 33.6 Å². The second-order valence-electron chi connectivity index (χ2n) is 6.02. The summed E-state index contributed by atoms with van der Waals surface area (Å²) in [5.74, 6) is -2.08. The molecule has 0 aliphatic heterocycles. The number of carbonyl (C=O) groups excluding carboxylic acids is 3. The highest BCUT2D eigenvalue weighted by atomic mass is 16.6. The van der Waals surface area contributed by atoms with Crippen LogP contribution in [0.4, 0.5) is 0 Å². The van der Waals surface area contributed by atoms with Crippen LogP contribution in [0.3, 0.4) is 0 Å². The number of rotatable bonds is 7. The lowest BCUT2D eigenvalue weighted by Gasteiger charge is -2.32. The number of hydrogen-bond acceptors (Lipinski definition) is 6. The minimum atomic E-state index is -1.41. The average Bonchev–Trinajstić information content (AvgIpc) is 2.43. The van der Waals surface area contributed by atoms with E-state index in [0.717, 1.165) is 7.11 Å². The molecule has 0 fully saturated rings. The van der Waals surface area contributed by atoms with Gasteiger partial charge in [0.15, 0.2) is 6.04 Å². The zero-order valence-electron chi connectivity index (χ0n) is 14.2. The Morgan fingerprint density at radius 1 is 1.14 bits per heavy atom. The van der Waals surface area contributed by atoms with Gasteiger partial charge in [0.05, 0.1) is 13.7 Å². The van der Waals surface area contributed by atoms with Gasteiger partial charge in [-0.25, -0.2) is 4.79 Å². The summed E-state index contributed by atoms with van der Waals surface area (Å²) in [5, 5.41) is 11.5. The van der Waals surface area contributed by atoms with Gasteiger partial charge >= 0.3 is 11.9 Å². The molecule has 0 saturated carbocycles. The van der Waals surface area contributed by atoms with Crippen molar-refractivity contribution in [2.75, 3.05) is 13.7 Å². The number of aliphatic hydroxyl groups excluding tert-OH is 1. The molecule has 0 rings (SSSR count). The second-order valence-corrected chi connectivity index (χ2v) is 6.02. The van der Waals surface area contributed by atoms with Crippen molar-refractivity contribution in [2.45, 2.75) is 59.1 Å². The number of aliphatic hydroxyl groups is 1. The van der Waals surface area contributed by atoms with Crippen molar-refractivity contribution in [3.05, 3.63) is 0 Å². The molecule has 7 nitrogen and oxygen atoms in total. The largest absolute Gasteiger partial charge is 0.467 e. The Kier molecular flexibility index (Phi) is 7.52. The minimum Gasteiger partial charge on any atom is -0.467 e. The summed E-state index contributed by atoms with van der Waals surface area (Å²) in [6, 6.07) is -1.21. The highest BCUT2D eigenvalue weighted by Gasteiger charge is 2.46. The number of methoxy groups -OCH3 is 1. The molecule has 0 heterocycles. The standard InChI is InChI=1S/C15H27NO6/c1-7-15(8-2,13(20)22-14(3,4)5)12(19)16-10(9-17)11(18)21-6/h10,17H,7-9H2,1-6H3,(H,16,19). The fraction of sp³-hybridized carbons (Fsp3) is 0.800. The molecule has 7 heteroatoms. The first-order valence-electron chi connectivity index (χ1n) is 7.31. The van der Waals surface area contributed by atoms with E-state index in [1.54, 1.807) is 34.6 Å². The molecule has 0 bridgehead atoms. The first-order chi connectivity index (χ1) is 10.1. The molecular weight excluding hydrogens is 290 g/mol. The van der Waals surface area contributed by atoms with Crippen molar-refractivity contribution in [1.82, 2.24) is 5.32 Å². The Morgan fingerprint density at radius 2 is 1.64 bits per heavy atom. The minimum absolute atomic E-state index is 0.212. The van der Waals surface area contributed by atoms with Gasteiger partial charge in [0.2, 0.25) is 5.91 Å². The maximum Gasteiger partial charge on any atom is 0.330 e. The van der Waals surface area contributed by atoms with E-state index in [0.29, 0.717) is 0 Å². The number of ether oxygens (including phenoxy) is 2. The summed E-state index contributed by atoms with van der Waals surface area (Å²) in [5.41, 5.74) is -2.14. The second kappa shape index (κ2) is 8.12. The Labute approximate surface area is 131 Å². The Bertz CT molecular complexity index is 409. The van der Waals surface area contributed by atoms with Gasteiger partial charge in [-0.1, -0.05) is 13.8 Å². The van der Waals surface area contributed by atoms with Crippen LogP contribution in [0.25, 0.3) is 0 Å². The summed E-state index contributed by atoms with van der Waals surface area (Å²) in [4.78, 5) is 36.4. The normalized spacial score (nSPS) is 13.2. The van der Waals surface area contributed by atoms with Gasteiger partial charge in [0.1, 0.15) is 11.0 Å². The summed E-state index contributed by atoms with van der Waals surface area (Å²) in [6.45, 7) is 7.91. The third-order valence-electron chi connectivity index (χ3n) is 3.40. The summed E-state index contributed by atoms with van der Waals surface area (Å²) < 4.78 is 9.83. The maximum absolute atomic E-state index is 12.5. The zero-order valence-corrected chi connectivity index (χ0v) is 14.2. The van der Waals surface area contributed by atoms with E-state index in [-0.39, 0.29) is 12.8 Å². The Hall–Kier alpha value is -1.63. The molecule has 22 heavy (non-hydrogen) atoms. The van der Waals surface area contributed by atoms with Crippen LogP contribution < -0.4 is 5.32 Å². The fourth-order valence-electron chi connectivity index (χ4n) is 1.95. The van der Waals surface area contributed by atoms with Crippen molar-refractivity contribution in [3.8, 4) is 0 Å². The smallest absolute Gasteiger partial charge is 0.330 e. The van der Waals surface area contributed by atoms with E-state index in [1.165, 1.54) is 0 Å². The third-order valence-corrected chi connectivity index (χ3v) is 3.40. The molecule has 1 atom stereocenters. The van der Waals surface area contributed by atoms with Crippen LogP contribution in [-0.2, 0) is 23.9 Å². The molecule has 0 aliphatic rings. The van der Waals surface area contributed by atoms with Crippen LogP contribution in [-0.4, -0.2) is 48.3 Å². The van der Waals surface area contributed by atoms with Crippen LogP contribution >= 0.6 is 0 Å². The lowest BCUT2D eigenvalue weighted by atomic mass is 9.81. The van der Waals surface area contributed by atoms with Gasteiger partial charge in [0.25, 0.3) is 0 Å². The SMILES string of the molecule is CCC(CC)(C(=O)NC(CO)C(=O)OC)C(=O)OC(C)(C)C. The van der Waals surface area contributed by atoms with Crippen LogP contribution in [0.2, 0.25) is 0 Å². The summed E-state index contributed by atoms with van der Waals surface area (Å²) in [7, 11) is 1.15. The molecule has 0 saturated heterocycles. The molecular formula is C15H27NO6. The number of nitrogens with one attached hydrogen (secondary N) is 1. The quantitative estimate of drug-likeness (QED) is 0.531. The predicted octanol–water partition coefficient (Wildman–Crippen LogP) is 0.785. The van der Waals surface area contributed by atoms with E-state index >= 15 is 0 Å².